The molecular weight excluding hydrogens is 440 g/mol. The molecule has 0 aliphatic heterocycles. The fourth-order valence-electron chi connectivity index (χ4n) is 3.51. The lowest BCUT2D eigenvalue weighted by molar-refractivity contribution is -0.384. The van der Waals surface area contributed by atoms with Gasteiger partial charge in [0.15, 0.2) is 10.8 Å². The highest BCUT2D eigenvalue weighted by molar-refractivity contribution is 7.15. The van der Waals surface area contributed by atoms with Crippen LogP contribution in [0.1, 0.15) is 44.8 Å². The number of thiazole rings is 1. The van der Waals surface area contributed by atoms with Crippen molar-refractivity contribution in [3.8, 4) is 5.69 Å². The maximum atomic E-state index is 12.9. The zero-order valence-electron chi connectivity index (χ0n) is 18.4. The lowest BCUT2D eigenvalue weighted by Gasteiger charge is -2.08. The van der Waals surface area contributed by atoms with Crippen LogP contribution in [0.2, 0.25) is 0 Å². The summed E-state index contributed by atoms with van der Waals surface area (Å²) >= 11 is 1.37. The molecule has 0 aliphatic rings. The zero-order valence-corrected chi connectivity index (χ0v) is 19.2. The van der Waals surface area contributed by atoms with E-state index in [1.807, 2.05) is 38.1 Å². The topological polar surface area (TPSA) is 116 Å². The average Bonchev–Trinajstić information content (AvgIpc) is 3.35. The number of hydrogen-bond donors (Lipinski definition) is 1. The molecule has 4 rings (SSSR count). The molecule has 0 fully saturated rings. The maximum absolute atomic E-state index is 12.9. The number of nitro benzene ring substituents is 1. The molecular formula is C23H22N6O3S. The van der Waals surface area contributed by atoms with Crippen LogP contribution in [-0.2, 0) is 12.8 Å². The molecule has 2 aromatic carbocycles. The Kier molecular flexibility index (Phi) is 6.27. The summed E-state index contributed by atoms with van der Waals surface area (Å²) in [6.45, 7) is 5.75. The minimum atomic E-state index is -0.422. The molecule has 0 bridgehead atoms. The van der Waals surface area contributed by atoms with Crippen LogP contribution in [0.5, 0.6) is 0 Å². The largest absolute Gasteiger partial charge is 0.296 e. The number of benzene rings is 2. The van der Waals surface area contributed by atoms with Gasteiger partial charge >= 0.3 is 0 Å². The Labute approximate surface area is 194 Å². The number of carbonyl (C=O) groups is 1. The molecule has 9 nitrogen and oxygen atoms in total. The third kappa shape index (κ3) is 4.65. The van der Waals surface area contributed by atoms with Crippen molar-refractivity contribution in [3.63, 3.8) is 0 Å². The van der Waals surface area contributed by atoms with Crippen molar-refractivity contribution in [2.45, 2.75) is 33.6 Å². The van der Waals surface area contributed by atoms with E-state index in [4.69, 9.17) is 0 Å². The number of para-hydroxylation sites is 1. The van der Waals surface area contributed by atoms with Gasteiger partial charge in [-0.3, -0.25) is 20.2 Å². The van der Waals surface area contributed by atoms with Crippen LogP contribution in [-0.4, -0.2) is 30.8 Å². The molecule has 2 aromatic heterocycles. The number of nitrogens with zero attached hydrogens (tertiary/aromatic N) is 5. The van der Waals surface area contributed by atoms with E-state index in [1.54, 1.807) is 16.8 Å². The number of aryl methyl sites for hydroxylation is 2. The Hall–Kier alpha value is -3.92. The number of aromatic nitrogens is 4. The van der Waals surface area contributed by atoms with Gasteiger partial charge in [0.05, 0.1) is 22.0 Å². The van der Waals surface area contributed by atoms with Crippen LogP contribution in [0.3, 0.4) is 0 Å². The second-order valence-electron chi connectivity index (χ2n) is 7.50. The molecule has 4 aromatic rings. The molecule has 2 heterocycles. The summed E-state index contributed by atoms with van der Waals surface area (Å²) in [4.78, 5) is 28.7. The van der Waals surface area contributed by atoms with Crippen molar-refractivity contribution in [1.82, 2.24) is 20.0 Å². The van der Waals surface area contributed by atoms with Crippen molar-refractivity contribution in [2.24, 2.45) is 0 Å². The highest BCUT2D eigenvalue weighted by Gasteiger charge is 2.20. The highest BCUT2D eigenvalue weighted by Crippen LogP contribution is 2.27. The second-order valence-corrected chi connectivity index (χ2v) is 8.58. The number of amides is 1. The van der Waals surface area contributed by atoms with E-state index >= 15 is 0 Å². The Morgan fingerprint density at radius 3 is 2.58 bits per heavy atom. The third-order valence-electron chi connectivity index (χ3n) is 5.34. The number of rotatable bonds is 7. The molecule has 0 aliphatic carbocycles. The molecule has 0 radical (unpaired) electrons. The highest BCUT2D eigenvalue weighted by atomic mass is 32.1. The van der Waals surface area contributed by atoms with E-state index in [2.05, 4.69) is 27.5 Å². The average molecular weight is 463 g/mol. The number of hydrogen-bond acceptors (Lipinski definition) is 7. The zero-order chi connectivity index (χ0) is 23.5. The van der Waals surface area contributed by atoms with E-state index in [1.165, 1.54) is 23.5 Å². The number of carbonyl (C=O) groups excluding carboxylic acids is 1. The number of nitrogens with one attached hydrogen (secondary N) is 1. The summed E-state index contributed by atoms with van der Waals surface area (Å²) < 4.78 is 1.68. The molecule has 1 amide bonds. The molecule has 1 N–H and O–H groups in total. The van der Waals surface area contributed by atoms with E-state index in [0.29, 0.717) is 17.2 Å². The van der Waals surface area contributed by atoms with E-state index in [9.17, 15) is 14.9 Å². The summed E-state index contributed by atoms with van der Waals surface area (Å²) in [5, 5.41) is 22.4. The first-order valence-corrected chi connectivity index (χ1v) is 11.2. The molecule has 168 valence electrons. The monoisotopic (exact) mass is 462 g/mol. The molecule has 33 heavy (non-hydrogen) atoms. The van der Waals surface area contributed by atoms with Crippen LogP contribution in [0.15, 0.2) is 48.5 Å². The fraction of sp³-hybridized carbons (Fsp3) is 0.217. The van der Waals surface area contributed by atoms with Crippen LogP contribution in [0.25, 0.3) is 5.69 Å². The van der Waals surface area contributed by atoms with Gasteiger partial charge in [0.25, 0.3) is 11.6 Å². The summed E-state index contributed by atoms with van der Waals surface area (Å²) in [6.07, 6.45) is 1.41. The van der Waals surface area contributed by atoms with Crippen molar-refractivity contribution >= 4 is 28.1 Å². The van der Waals surface area contributed by atoms with Crippen LogP contribution >= 0.6 is 11.3 Å². The minimum absolute atomic E-state index is 0.0534. The number of nitro groups is 1. The predicted octanol–water partition coefficient (Wildman–Crippen LogP) is 4.65. The molecule has 0 saturated carbocycles. The van der Waals surface area contributed by atoms with Gasteiger partial charge in [0.1, 0.15) is 0 Å². The van der Waals surface area contributed by atoms with Gasteiger partial charge in [0, 0.05) is 23.4 Å². The van der Waals surface area contributed by atoms with Crippen LogP contribution < -0.4 is 5.32 Å². The van der Waals surface area contributed by atoms with Crippen LogP contribution in [0, 0.1) is 24.0 Å². The lowest BCUT2D eigenvalue weighted by Crippen LogP contribution is -2.14. The Balaban J connectivity index is 1.51. The van der Waals surface area contributed by atoms with Crippen LogP contribution in [0.4, 0.5) is 10.8 Å². The standard InChI is InChI=1S/C23H22N6O3S/c1-4-17-7-5-6-8-19(17)28-15(3)21(26-27-28)22(30)25-23-24-14(2)20(33-23)13-16-9-11-18(12-10-16)29(31)32/h5-12H,4,13H2,1-3H3,(H,24,25,30). The Morgan fingerprint density at radius 1 is 1.15 bits per heavy atom. The Morgan fingerprint density at radius 2 is 1.88 bits per heavy atom. The quantitative estimate of drug-likeness (QED) is 0.316. The summed E-state index contributed by atoms with van der Waals surface area (Å²) in [5.41, 5.74) is 4.68. The number of non-ortho nitro benzene ring substituents is 1. The first kappa shape index (κ1) is 22.3. The van der Waals surface area contributed by atoms with Gasteiger partial charge in [-0.2, -0.15) is 0 Å². The first-order valence-electron chi connectivity index (χ1n) is 10.4. The van der Waals surface area contributed by atoms with Gasteiger partial charge in [-0.15, -0.1) is 16.4 Å². The van der Waals surface area contributed by atoms with Crippen molar-refractivity contribution in [3.05, 3.63) is 91.7 Å². The van der Waals surface area contributed by atoms with Gasteiger partial charge < -0.3 is 0 Å². The molecule has 0 unspecified atom stereocenters. The van der Waals surface area contributed by atoms with E-state index in [0.717, 1.165) is 33.8 Å². The SMILES string of the molecule is CCc1ccccc1-n1nnc(C(=O)Nc2nc(C)c(Cc3ccc([N+](=O)[O-])cc3)s2)c1C. The minimum Gasteiger partial charge on any atom is -0.296 e. The summed E-state index contributed by atoms with van der Waals surface area (Å²) in [6, 6.07) is 14.3. The van der Waals surface area contributed by atoms with E-state index < -0.39 is 4.92 Å². The van der Waals surface area contributed by atoms with Gasteiger partial charge in [-0.25, -0.2) is 9.67 Å². The van der Waals surface area contributed by atoms with Crippen molar-refractivity contribution in [1.29, 1.82) is 0 Å². The molecule has 10 heteroatoms. The maximum Gasteiger partial charge on any atom is 0.279 e. The summed E-state index contributed by atoms with van der Waals surface area (Å²) in [7, 11) is 0. The first-order chi connectivity index (χ1) is 15.9. The number of anilines is 1. The summed E-state index contributed by atoms with van der Waals surface area (Å²) in [5.74, 6) is -0.372. The van der Waals surface area contributed by atoms with Crippen molar-refractivity contribution < 1.29 is 9.72 Å². The second kappa shape index (κ2) is 9.29. The van der Waals surface area contributed by atoms with Gasteiger partial charge in [-0.05, 0) is 37.5 Å². The lowest BCUT2D eigenvalue weighted by atomic mass is 10.1. The van der Waals surface area contributed by atoms with Gasteiger partial charge in [0.2, 0.25) is 0 Å². The van der Waals surface area contributed by atoms with E-state index in [-0.39, 0.29) is 17.3 Å². The predicted molar refractivity (Wildman–Crippen MR) is 126 cm³/mol. The third-order valence-corrected chi connectivity index (χ3v) is 6.41. The van der Waals surface area contributed by atoms with Gasteiger partial charge in [-0.1, -0.05) is 42.5 Å². The molecule has 0 atom stereocenters. The smallest absolute Gasteiger partial charge is 0.279 e. The normalized spacial score (nSPS) is 10.9. The Bertz CT molecular complexity index is 1330. The fourth-order valence-corrected chi connectivity index (χ4v) is 4.50. The molecule has 0 spiro atoms. The molecule has 0 saturated heterocycles. The van der Waals surface area contributed by atoms with Crippen molar-refractivity contribution in [2.75, 3.05) is 5.32 Å².